The van der Waals surface area contributed by atoms with Gasteiger partial charge in [0.05, 0.1) is 25.3 Å². The first-order valence-corrected chi connectivity index (χ1v) is 5.78. The lowest BCUT2D eigenvalue weighted by Gasteiger charge is -2.15. The van der Waals surface area contributed by atoms with Gasteiger partial charge < -0.3 is 15.2 Å². The fourth-order valence-corrected chi connectivity index (χ4v) is 1.65. The van der Waals surface area contributed by atoms with E-state index in [1.807, 2.05) is 20.8 Å². The number of Topliss-reactive ketones (excluding diaryl/α,β-unsaturated/α-hetero) is 1. The third-order valence-corrected chi connectivity index (χ3v) is 2.43. The van der Waals surface area contributed by atoms with Gasteiger partial charge in [-0.1, -0.05) is 0 Å². The number of ether oxygens (including phenoxy) is 2. The SMILES string of the molecule is CCOc1ccc(C(=O)CN)c(OCC)c1C. The fourth-order valence-electron chi connectivity index (χ4n) is 1.65. The largest absolute Gasteiger partial charge is 0.493 e. The van der Waals surface area contributed by atoms with E-state index in [4.69, 9.17) is 15.2 Å². The number of nitrogens with two attached hydrogens (primary N) is 1. The Morgan fingerprint density at radius 1 is 1.24 bits per heavy atom. The van der Waals surface area contributed by atoms with Crippen molar-refractivity contribution in [3.05, 3.63) is 23.3 Å². The Morgan fingerprint density at radius 3 is 2.41 bits per heavy atom. The van der Waals surface area contributed by atoms with Crippen LogP contribution in [0, 0.1) is 6.92 Å². The summed E-state index contributed by atoms with van der Waals surface area (Å²) in [6.07, 6.45) is 0. The van der Waals surface area contributed by atoms with Crippen molar-refractivity contribution in [1.82, 2.24) is 0 Å². The van der Waals surface area contributed by atoms with Gasteiger partial charge in [0.2, 0.25) is 0 Å². The zero-order valence-electron chi connectivity index (χ0n) is 10.6. The highest BCUT2D eigenvalue weighted by molar-refractivity contribution is 6.00. The van der Waals surface area contributed by atoms with Gasteiger partial charge >= 0.3 is 0 Å². The first-order chi connectivity index (χ1) is 8.15. The van der Waals surface area contributed by atoms with Crippen molar-refractivity contribution in [1.29, 1.82) is 0 Å². The Kier molecular flexibility index (Phi) is 4.97. The van der Waals surface area contributed by atoms with E-state index < -0.39 is 0 Å². The Morgan fingerprint density at radius 2 is 1.88 bits per heavy atom. The number of hydrogen-bond donors (Lipinski definition) is 1. The summed E-state index contributed by atoms with van der Waals surface area (Å²) in [6, 6.07) is 3.49. The molecule has 4 nitrogen and oxygen atoms in total. The molecule has 1 rings (SSSR count). The van der Waals surface area contributed by atoms with Gasteiger partial charge in [-0.05, 0) is 32.9 Å². The molecule has 0 fully saturated rings. The van der Waals surface area contributed by atoms with E-state index in [1.54, 1.807) is 12.1 Å². The highest BCUT2D eigenvalue weighted by Gasteiger charge is 2.16. The molecule has 0 aliphatic carbocycles. The number of ketones is 1. The third kappa shape index (κ3) is 2.97. The van der Waals surface area contributed by atoms with Crippen LogP contribution in [0.15, 0.2) is 12.1 Å². The summed E-state index contributed by atoms with van der Waals surface area (Å²) >= 11 is 0. The Hall–Kier alpha value is -1.55. The molecule has 17 heavy (non-hydrogen) atoms. The van der Waals surface area contributed by atoms with Gasteiger partial charge in [0.25, 0.3) is 0 Å². The second kappa shape index (κ2) is 6.25. The monoisotopic (exact) mass is 237 g/mol. The summed E-state index contributed by atoms with van der Waals surface area (Å²) < 4.78 is 11.0. The van der Waals surface area contributed by atoms with Gasteiger partial charge in [0, 0.05) is 5.56 Å². The number of rotatable bonds is 6. The minimum atomic E-state index is -0.125. The van der Waals surface area contributed by atoms with Crippen LogP contribution in [0.25, 0.3) is 0 Å². The third-order valence-electron chi connectivity index (χ3n) is 2.43. The van der Waals surface area contributed by atoms with Crippen LogP contribution in [-0.2, 0) is 0 Å². The highest BCUT2D eigenvalue weighted by Crippen LogP contribution is 2.31. The molecule has 0 atom stereocenters. The fraction of sp³-hybridized carbons (Fsp3) is 0.462. The lowest BCUT2D eigenvalue weighted by molar-refractivity contribution is 0.0997. The predicted octanol–water partition coefficient (Wildman–Crippen LogP) is 1.93. The quantitative estimate of drug-likeness (QED) is 0.768. The maximum absolute atomic E-state index is 11.7. The molecule has 0 aromatic heterocycles. The van der Waals surface area contributed by atoms with Crippen molar-refractivity contribution in [2.24, 2.45) is 5.73 Å². The number of hydrogen-bond acceptors (Lipinski definition) is 4. The Bertz CT molecular complexity index is 402. The maximum Gasteiger partial charge on any atom is 0.180 e. The summed E-state index contributed by atoms with van der Waals surface area (Å²) in [7, 11) is 0. The summed E-state index contributed by atoms with van der Waals surface area (Å²) in [5, 5.41) is 0. The van der Waals surface area contributed by atoms with Crippen LogP contribution < -0.4 is 15.2 Å². The molecule has 0 radical (unpaired) electrons. The molecule has 1 aromatic carbocycles. The van der Waals surface area contributed by atoms with Crippen LogP contribution in [0.1, 0.15) is 29.8 Å². The van der Waals surface area contributed by atoms with E-state index in [-0.39, 0.29) is 12.3 Å². The molecule has 0 amide bonds. The maximum atomic E-state index is 11.7. The lowest BCUT2D eigenvalue weighted by Crippen LogP contribution is -2.15. The topological polar surface area (TPSA) is 61.5 Å². The van der Waals surface area contributed by atoms with Crippen LogP contribution in [0.3, 0.4) is 0 Å². The molecule has 0 bridgehead atoms. The average molecular weight is 237 g/mol. The number of benzene rings is 1. The molecule has 0 spiro atoms. The molecule has 0 aliphatic heterocycles. The summed E-state index contributed by atoms with van der Waals surface area (Å²) in [6.45, 7) is 6.73. The smallest absolute Gasteiger partial charge is 0.180 e. The molecule has 1 aromatic rings. The molecule has 0 saturated heterocycles. The van der Waals surface area contributed by atoms with E-state index in [2.05, 4.69) is 0 Å². The van der Waals surface area contributed by atoms with E-state index in [0.717, 1.165) is 11.3 Å². The minimum Gasteiger partial charge on any atom is -0.493 e. The highest BCUT2D eigenvalue weighted by atomic mass is 16.5. The molecule has 94 valence electrons. The van der Waals surface area contributed by atoms with Crippen molar-refractivity contribution >= 4 is 5.78 Å². The number of carbonyl (C=O) groups is 1. The molecule has 2 N–H and O–H groups in total. The van der Waals surface area contributed by atoms with Crippen LogP contribution in [0.2, 0.25) is 0 Å². The van der Waals surface area contributed by atoms with Crippen molar-refractivity contribution < 1.29 is 14.3 Å². The normalized spacial score (nSPS) is 10.1. The zero-order valence-corrected chi connectivity index (χ0v) is 10.6. The van der Waals surface area contributed by atoms with Crippen LogP contribution >= 0.6 is 0 Å². The van der Waals surface area contributed by atoms with Crippen molar-refractivity contribution in [3.63, 3.8) is 0 Å². The van der Waals surface area contributed by atoms with Gasteiger partial charge in [-0.3, -0.25) is 4.79 Å². The van der Waals surface area contributed by atoms with E-state index in [9.17, 15) is 4.79 Å². The van der Waals surface area contributed by atoms with Crippen LogP contribution in [-0.4, -0.2) is 25.5 Å². The van der Waals surface area contributed by atoms with Gasteiger partial charge in [0.15, 0.2) is 5.78 Å². The summed E-state index contributed by atoms with van der Waals surface area (Å²) in [4.78, 5) is 11.7. The van der Waals surface area contributed by atoms with Crippen molar-refractivity contribution in [2.45, 2.75) is 20.8 Å². The lowest BCUT2D eigenvalue weighted by atomic mass is 10.0. The first kappa shape index (κ1) is 13.5. The number of carbonyl (C=O) groups excluding carboxylic acids is 1. The van der Waals surface area contributed by atoms with E-state index in [0.29, 0.717) is 24.5 Å². The molecule has 0 unspecified atom stereocenters. The Labute approximate surface area is 102 Å². The zero-order chi connectivity index (χ0) is 12.8. The van der Waals surface area contributed by atoms with E-state index >= 15 is 0 Å². The van der Waals surface area contributed by atoms with Crippen LogP contribution in [0.5, 0.6) is 11.5 Å². The van der Waals surface area contributed by atoms with Gasteiger partial charge in [-0.2, -0.15) is 0 Å². The van der Waals surface area contributed by atoms with Gasteiger partial charge in [-0.15, -0.1) is 0 Å². The summed E-state index contributed by atoms with van der Waals surface area (Å²) in [5.74, 6) is 1.19. The molecule has 0 heterocycles. The standard InChI is InChI=1S/C13H19NO3/c1-4-16-12-7-6-10(11(15)8-14)13(9(12)3)17-5-2/h6-7H,4-5,8,14H2,1-3H3. The minimum absolute atomic E-state index is 0.0203. The second-order valence-electron chi connectivity index (χ2n) is 3.56. The molecule has 0 saturated carbocycles. The second-order valence-corrected chi connectivity index (χ2v) is 3.56. The summed E-state index contributed by atoms with van der Waals surface area (Å²) in [5.41, 5.74) is 6.74. The Balaban J connectivity index is 3.23. The van der Waals surface area contributed by atoms with Crippen molar-refractivity contribution in [2.75, 3.05) is 19.8 Å². The molecule has 4 heteroatoms. The molecular weight excluding hydrogens is 218 g/mol. The van der Waals surface area contributed by atoms with Gasteiger partial charge in [0.1, 0.15) is 11.5 Å². The van der Waals surface area contributed by atoms with E-state index in [1.165, 1.54) is 0 Å². The van der Waals surface area contributed by atoms with Crippen LogP contribution in [0.4, 0.5) is 0 Å². The average Bonchev–Trinajstić information content (AvgIpc) is 2.34. The molecule has 0 aliphatic rings. The predicted molar refractivity (Wildman–Crippen MR) is 66.9 cm³/mol. The first-order valence-electron chi connectivity index (χ1n) is 5.78. The van der Waals surface area contributed by atoms with Gasteiger partial charge in [-0.25, -0.2) is 0 Å². The molecular formula is C13H19NO3. The van der Waals surface area contributed by atoms with Crippen molar-refractivity contribution in [3.8, 4) is 11.5 Å².